The van der Waals surface area contributed by atoms with E-state index in [2.05, 4.69) is 22.8 Å². The van der Waals surface area contributed by atoms with E-state index in [1.807, 2.05) is 36.4 Å². The molecule has 0 spiro atoms. The minimum Gasteiger partial charge on any atom is -0.481 e. The molecule has 0 aliphatic heterocycles. The van der Waals surface area contributed by atoms with Crippen LogP contribution >= 0.6 is 0 Å². The third-order valence-corrected chi connectivity index (χ3v) is 6.96. The van der Waals surface area contributed by atoms with Crippen molar-refractivity contribution < 1.29 is 29.0 Å². The van der Waals surface area contributed by atoms with Crippen molar-refractivity contribution >= 4 is 18.0 Å². The van der Waals surface area contributed by atoms with Crippen molar-refractivity contribution in [3.8, 4) is 11.1 Å². The first-order valence-corrected chi connectivity index (χ1v) is 12.1. The molecule has 2 aliphatic rings. The average Bonchev–Trinajstić information content (AvgIpc) is 3.17. The van der Waals surface area contributed by atoms with Crippen LogP contribution in [-0.2, 0) is 19.1 Å². The van der Waals surface area contributed by atoms with Crippen LogP contribution in [0.2, 0.25) is 0 Å². The molecule has 186 valence electrons. The Kier molecular flexibility index (Phi) is 8.02. The van der Waals surface area contributed by atoms with Crippen molar-refractivity contribution in [1.29, 1.82) is 0 Å². The molecule has 2 aliphatic carbocycles. The molecule has 0 bridgehead atoms. The Morgan fingerprint density at radius 3 is 2.26 bits per heavy atom. The number of hydrogen-bond donors (Lipinski definition) is 3. The van der Waals surface area contributed by atoms with E-state index >= 15 is 0 Å². The first kappa shape index (κ1) is 24.7. The van der Waals surface area contributed by atoms with E-state index < -0.39 is 24.0 Å². The SMILES string of the molecule is COCC(NC(=O)OCC1c2ccccc2-c2ccccc21)C(=O)NC1CCCCC1CC(=O)O. The van der Waals surface area contributed by atoms with Gasteiger partial charge in [-0.1, -0.05) is 61.4 Å². The second-order valence-corrected chi connectivity index (χ2v) is 9.24. The highest BCUT2D eigenvalue weighted by Crippen LogP contribution is 2.44. The number of benzene rings is 2. The van der Waals surface area contributed by atoms with E-state index in [0.29, 0.717) is 6.42 Å². The number of carbonyl (C=O) groups excluding carboxylic acids is 2. The van der Waals surface area contributed by atoms with Crippen molar-refractivity contribution in [2.75, 3.05) is 20.3 Å². The van der Waals surface area contributed by atoms with Crippen molar-refractivity contribution in [2.24, 2.45) is 5.92 Å². The summed E-state index contributed by atoms with van der Waals surface area (Å²) in [6, 6.07) is 15.0. The zero-order chi connectivity index (χ0) is 24.8. The van der Waals surface area contributed by atoms with Crippen molar-refractivity contribution in [3.63, 3.8) is 0 Å². The molecular weight excluding hydrogens is 448 g/mol. The summed E-state index contributed by atoms with van der Waals surface area (Å²) in [5, 5.41) is 14.8. The highest BCUT2D eigenvalue weighted by Gasteiger charge is 2.32. The first-order chi connectivity index (χ1) is 17.0. The molecule has 8 heteroatoms. The van der Waals surface area contributed by atoms with Crippen molar-refractivity contribution in [2.45, 2.75) is 50.1 Å². The van der Waals surface area contributed by atoms with E-state index in [9.17, 15) is 19.5 Å². The van der Waals surface area contributed by atoms with E-state index in [-0.39, 0.29) is 37.5 Å². The Balaban J connectivity index is 1.37. The van der Waals surface area contributed by atoms with Crippen LogP contribution in [0.25, 0.3) is 11.1 Å². The number of aliphatic carboxylic acids is 1. The highest BCUT2D eigenvalue weighted by molar-refractivity contribution is 5.86. The molecule has 8 nitrogen and oxygen atoms in total. The minimum absolute atomic E-state index is 0.0136. The maximum Gasteiger partial charge on any atom is 0.407 e. The molecule has 0 saturated heterocycles. The van der Waals surface area contributed by atoms with Gasteiger partial charge in [0.05, 0.1) is 13.0 Å². The summed E-state index contributed by atoms with van der Waals surface area (Å²) in [4.78, 5) is 36.8. The predicted octanol–water partition coefficient (Wildman–Crippen LogP) is 3.69. The lowest BCUT2D eigenvalue weighted by Gasteiger charge is -2.32. The van der Waals surface area contributed by atoms with Gasteiger partial charge in [-0.15, -0.1) is 0 Å². The summed E-state index contributed by atoms with van der Waals surface area (Å²) in [6.45, 7) is 0.122. The van der Waals surface area contributed by atoms with Gasteiger partial charge in [-0.25, -0.2) is 4.79 Å². The summed E-state index contributed by atoms with van der Waals surface area (Å²) >= 11 is 0. The number of methoxy groups -OCH3 is 1. The van der Waals surface area contributed by atoms with Gasteiger partial charge < -0.3 is 25.2 Å². The van der Waals surface area contributed by atoms with Gasteiger partial charge >= 0.3 is 12.1 Å². The fraction of sp³-hybridized carbons (Fsp3) is 0.444. The molecule has 0 radical (unpaired) electrons. The zero-order valence-electron chi connectivity index (χ0n) is 19.9. The minimum atomic E-state index is -0.942. The van der Waals surface area contributed by atoms with Gasteiger partial charge in [-0.05, 0) is 41.0 Å². The normalized spacial score (nSPS) is 19.8. The third kappa shape index (κ3) is 5.82. The largest absolute Gasteiger partial charge is 0.481 e. The number of carboxylic acid groups (broad SMARTS) is 1. The third-order valence-electron chi connectivity index (χ3n) is 6.96. The molecule has 0 aromatic heterocycles. The molecule has 2 aromatic carbocycles. The van der Waals surface area contributed by atoms with E-state index in [0.717, 1.165) is 41.5 Å². The van der Waals surface area contributed by atoms with Gasteiger partial charge in [0.2, 0.25) is 5.91 Å². The fourth-order valence-electron chi connectivity index (χ4n) is 5.28. The van der Waals surface area contributed by atoms with E-state index in [1.165, 1.54) is 7.11 Å². The van der Waals surface area contributed by atoms with Crippen LogP contribution in [0.15, 0.2) is 48.5 Å². The number of amides is 2. The highest BCUT2D eigenvalue weighted by atomic mass is 16.5. The first-order valence-electron chi connectivity index (χ1n) is 12.1. The summed E-state index contributed by atoms with van der Waals surface area (Å²) in [6.07, 6.45) is 2.66. The lowest BCUT2D eigenvalue weighted by molar-refractivity contribution is -0.139. The smallest absolute Gasteiger partial charge is 0.407 e. The molecule has 2 amide bonds. The van der Waals surface area contributed by atoms with Crippen LogP contribution in [0.1, 0.15) is 49.1 Å². The summed E-state index contributed by atoms with van der Waals surface area (Å²) in [7, 11) is 1.45. The number of ether oxygens (including phenoxy) is 2. The standard InChI is InChI=1S/C27H32N2O6/c1-34-16-24(26(32)28-23-13-7-2-8-17(23)14-25(30)31)29-27(33)35-15-22-20-11-5-3-9-18(20)19-10-4-6-12-21(19)22/h3-6,9-12,17,22-24H,2,7-8,13-16H2,1H3,(H,28,32)(H,29,33)(H,30,31). The molecular formula is C27H32N2O6. The van der Waals surface area contributed by atoms with Crippen molar-refractivity contribution in [3.05, 3.63) is 59.7 Å². The number of carbonyl (C=O) groups is 3. The average molecular weight is 481 g/mol. The molecule has 1 saturated carbocycles. The number of nitrogens with one attached hydrogen (secondary N) is 2. The van der Waals surface area contributed by atoms with Crippen LogP contribution in [-0.4, -0.2) is 55.5 Å². The number of hydrogen-bond acceptors (Lipinski definition) is 5. The lowest BCUT2D eigenvalue weighted by Crippen LogP contribution is -2.54. The van der Waals surface area contributed by atoms with Gasteiger partial charge in [-0.3, -0.25) is 9.59 Å². The Labute approximate surface area is 205 Å². The van der Waals surface area contributed by atoms with Crippen LogP contribution in [0, 0.1) is 5.92 Å². The van der Waals surface area contributed by atoms with Gasteiger partial charge in [0.15, 0.2) is 0 Å². The molecule has 4 rings (SSSR count). The van der Waals surface area contributed by atoms with Gasteiger partial charge in [-0.2, -0.15) is 0 Å². The molecule has 2 aromatic rings. The number of carboxylic acids is 1. The lowest BCUT2D eigenvalue weighted by atomic mass is 9.82. The van der Waals surface area contributed by atoms with Crippen LogP contribution < -0.4 is 10.6 Å². The molecule has 3 N–H and O–H groups in total. The molecule has 0 heterocycles. The number of alkyl carbamates (subject to hydrolysis) is 1. The molecule has 3 unspecified atom stereocenters. The summed E-state index contributed by atoms with van der Waals surface area (Å²) < 4.78 is 10.7. The molecule has 1 fully saturated rings. The van der Waals surface area contributed by atoms with Gasteiger partial charge in [0, 0.05) is 19.1 Å². The van der Waals surface area contributed by atoms with Gasteiger partial charge in [0.1, 0.15) is 12.6 Å². The Morgan fingerprint density at radius 2 is 1.63 bits per heavy atom. The van der Waals surface area contributed by atoms with Crippen LogP contribution in [0.3, 0.4) is 0 Å². The molecule has 3 atom stereocenters. The zero-order valence-corrected chi connectivity index (χ0v) is 19.9. The summed E-state index contributed by atoms with van der Waals surface area (Å²) in [5.41, 5.74) is 4.48. The Morgan fingerprint density at radius 1 is 1.00 bits per heavy atom. The van der Waals surface area contributed by atoms with Crippen molar-refractivity contribution in [1.82, 2.24) is 10.6 Å². The second-order valence-electron chi connectivity index (χ2n) is 9.24. The Hall–Kier alpha value is -3.39. The fourth-order valence-corrected chi connectivity index (χ4v) is 5.28. The monoisotopic (exact) mass is 480 g/mol. The Bertz CT molecular complexity index is 1030. The molecule has 35 heavy (non-hydrogen) atoms. The maximum absolute atomic E-state index is 12.9. The van der Waals surface area contributed by atoms with Gasteiger partial charge in [0.25, 0.3) is 0 Å². The topological polar surface area (TPSA) is 114 Å². The van der Waals surface area contributed by atoms with E-state index in [1.54, 1.807) is 0 Å². The predicted molar refractivity (Wildman–Crippen MR) is 130 cm³/mol. The summed E-state index contributed by atoms with van der Waals surface area (Å²) in [5.74, 6) is -1.48. The quantitative estimate of drug-likeness (QED) is 0.504. The van der Waals surface area contributed by atoms with E-state index in [4.69, 9.17) is 9.47 Å². The van der Waals surface area contributed by atoms with Crippen LogP contribution in [0.5, 0.6) is 0 Å². The maximum atomic E-state index is 12.9. The number of rotatable bonds is 9. The second kappa shape index (κ2) is 11.4. The number of fused-ring (bicyclic) bond motifs is 3. The van der Waals surface area contributed by atoms with Crippen LogP contribution in [0.4, 0.5) is 4.79 Å².